The van der Waals surface area contributed by atoms with Crippen LogP contribution in [0.5, 0.6) is 0 Å². The summed E-state index contributed by atoms with van der Waals surface area (Å²) in [5.41, 5.74) is 1.79. The number of rotatable bonds is 4. The van der Waals surface area contributed by atoms with E-state index in [4.69, 9.17) is 0 Å². The molecule has 118 valence electrons. The van der Waals surface area contributed by atoms with E-state index >= 15 is 0 Å². The lowest BCUT2D eigenvalue weighted by atomic mass is 10.1. The predicted molar refractivity (Wildman–Crippen MR) is 95.3 cm³/mol. The minimum atomic E-state index is -3.58. The lowest BCUT2D eigenvalue weighted by molar-refractivity contribution is 0.592. The number of hydrogen-bond acceptors (Lipinski definition) is 2. The van der Waals surface area contributed by atoms with Gasteiger partial charge in [0, 0.05) is 6.54 Å². The van der Waals surface area contributed by atoms with Gasteiger partial charge in [-0.05, 0) is 48.9 Å². The monoisotopic (exact) mass is 325 g/mol. The minimum Gasteiger partial charge on any atom is -0.267 e. The lowest BCUT2D eigenvalue weighted by Crippen LogP contribution is -2.30. The fourth-order valence-corrected chi connectivity index (χ4v) is 4.17. The Morgan fingerprint density at radius 2 is 1.52 bits per heavy atom. The molecule has 0 bridgehead atoms. The van der Waals surface area contributed by atoms with E-state index in [2.05, 4.69) is 0 Å². The van der Waals surface area contributed by atoms with Crippen molar-refractivity contribution in [3.63, 3.8) is 0 Å². The van der Waals surface area contributed by atoms with Crippen LogP contribution < -0.4 is 4.31 Å². The van der Waals surface area contributed by atoms with Gasteiger partial charge in [0.1, 0.15) is 0 Å². The van der Waals surface area contributed by atoms with E-state index in [0.717, 1.165) is 16.3 Å². The zero-order valence-corrected chi connectivity index (χ0v) is 14.0. The highest BCUT2D eigenvalue weighted by Crippen LogP contribution is 2.26. The summed E-state index contributed by atoms with van der Waals surface area (Å²) in [5.74, 6) is 0. The number of nitrogens with zero attached hydrogens (tertiary/aromatic N) is 1. The number of hydrogen-bond donors (Lipinski definition) is 0. The molecule has 0 aliphatic rings. The molecular weight excluding hydrogens is 306 g/mol. The number of fused-ring (bicyclic) bond motifs is 1. The van der Waals surface area contributed by atoms with Crippen LogP contribution in [0.15, 0.2) is 71.6 Å². The minimum absolute atomic E-state index is 0.318. The summed E-state index contributed by atoms with van der Waals surface area (Å²) >= 11 is 0. The predicted octanol–water partition coefficient (Wildman–Crippen LogP) is 4.36. The number of benzene rings is 3. The van der Waals surface area contributed by atoms with Crippen LogP contribution in [0.2, 0.25) is 0 Å². The SMILES string of the molecule is CCN(c1ccc(C)cc1)S(=O)(=O)c1ccc2ccccc2c1. The van der Waals surface area contributed by atoms with Crippen LogP contribution in [0.25, 0.3) is 10.8 Å². The highest BCUT2D eigenvalue weighted by atomic mass is 32.2. The molecular formula is C19H19NO2S. The third-order valence-electron chi connectivity index (χ3n) is 3.92. The zero-order valence-electron chi connectivity index (χ0n) is 13.2. The molecule has 3 nitrogen and oxygen atoms in total. The van der Waals surface area contributed by atoms with Crippen LogP contribution in [0.1, 0.15) is 12.5 Å². The number of aryl methyl sites for hydroxylation is 1. The van der Waals surface area contributed by atoms with Gasteiger partial charge in [-0.2, -0.15) is 0 Å². The van der Waals surface area contributed by atoms with Gasteiger partial charge in [-0.1, -0.05) is 48.0 Å². The van der Waals surface area contributed by atoms with E-state index in [1.807, 2.05) is 68.4 Å². The molecule has 0 saturated carbocycles. The standard InChI is InChI=1S/C19H19NO2S/c1-3-20(18-11-8-15(2)9-12-18)23(21,22)19-13-10-16-6-4-5-7-17(16)14-19/h4-14H,3H2,1-2H3. The summed E-state index contributed by atoms with van der Waals surface area (Å²) in [6, 6.07) is 20.6. The van der Waals surface area contributed by atoms with Gasteiger partial charge in [-0.15, -0.1) is 0 Å². The van der Waals surface area contributed by atoms with Gasteiger partial charge in [0.25, 0.3) is 10.0 Å². The first kappa shape index (κ1) is 15.6. The normalized spacial score (nSPS) is 11.6. The van der Waals surface area contributed by atoms with Crippen molar-refractivity contribution in [1.29, 1.82) is 0 Å². The average molecular weight is 325 g/mol. The largest absolute Gasteiger partial charge is 0.267 e. The molecule has 0 atom stereocenters. The molecule has 0 aliphatic heterocycles. The zero-order chi connectivity index (χ0) is 16.4. The molecule has 0 aliphatic carbocycles. The third-order valence-corrected chi connectivity index (χ3v) is 5.82. The Morgan fingerprint density at radius 1 is 0.870 bits per heavy atom. The number of anilines is 1. The Morgan fingerprint density at radius 3 is 2.17 bits per heavy atom. The summed E-state index contributed by atoms with van der Waals surface area (Å²) < 4.78 is 27.5. The maximum absolute atomic E-state index is 13.0. The van der Waals surface area contributed by atoms with E-state index < -0.39 is 10.0 Å². The smallest absolute Gasteiger partial charge is 0.264 e. The summed E-state index contributed by atoms with van der Waals surface area (Å²) in [6.45, 7) is 4.22. The molecule has 0 unspecified atom stereocenters. The maximum atomic E-state index is 13.0. The molecule has 0 heterocycles. The van der Waals surface area contributed by atoms with Crippen molar-refractivity contribution in [3.8, 4) is 0 Å². The van der Waals surface area contributed by atoms with Gasteiger partial charge in [0.2, 0.25) is 0 Å². The van der Waals surface area contributed by atoms with Crippen molar-refractivity contribution >= 4 is 26.5 Å². The molecule has 0 spiro atoms. The van der Waals surface area contributed by atoms with Crippen LogP contribution in [0.4, 0.5) is 5.69 Å². The topological polar surface area (TPSA) is 37.4 Å². The van der Waals surface area contributed by atoms with Crippen molar-refractivity contribution in [3.05, 3.63) is 72.3 Å². The summed E-state index contributed by atoms with van der Waals surface area (Å²) in [4.78, 5) is 0.318. The summed E-state index contributed by atoms with van der Waals surface area (Å²) in [7, 11) is -3.58. The Balaban J connectivity index is 2.08. The van der Waals surface area contributed by atoms with Gasteiger partial charge >= 0.3 is 0 Å². The molecule has 4 heteroatoms. The first-order valence-corrected chi connectivity index (χ1v) is 9.04. The fourth-order valence-electron chi connectivity index (χ4n) is 2.66. The Hall–Kier alpha value is -2.33. The highest BCUT2D eigenvalue weighted by molar-refractivity contribution is 7.92. The molecule has 0 saturated heterocycles. The second kappa shape index (κ2) is 6.05. The Bertz CT molecular complexity index is 931. The Kier molecular flexibility index (Phi) is 4.09. The van der Waals surface area contributed by atoms with Crippen LogP contribution in [-0.4, -0.2) is 15.0 Å². The van der Waals surface area contributed by atoms with Crippen molar-refractivity contribution in [2.45, 2.75) is 18.7 Å². The fraction of sp³-hybridized carbons (Fsp3) is 0.158. The first-order chi connectivity index (χ1) is 11.0. The molecule has 3 rings (SSSR count). The molecule has 0 radical (unpaired) electrons. The van der Waals surface area contributed by atoms with Gasteiger partial charge < -0.3 is 0 Å². The highest BCUT2D eigenvalue weighted by Gasteiger charge is 2.23. The van der Waals surface area contributed by atoms with Crippen molar-refractivity contribution in [1.82, 2.24) is 0 Å². The molecule has 0 aromatic heterocycles. The molecule has 0 fully saturated rings. The van der Waals surface area contributed by atoms with E-state index in [-0.39, 0.29) is 0 Å². The van der Waals surface area contributed by atoms with Crippen molar-refractivity contribution in [2.75, 3.05) is 10.8 Å². The second-order valence-corrected chi connectivity index (χ2v) is 7.38. The van der Waals surface area contributed by atoms with Gasteiger partial charge in [-0.25, -0.2) is 8.42 Å². The van der Waals surface area contributed by atoms with Crippen LogP contribution >= 0.6 is 0 Å². The summed E-state index contributed by atoms with van der Waals surface area (Å²) in [6.07, 6.45) is 0. The van der Waals surface area contributed by atoms with Gasteiger partial charge in [0.05, 0.1) is 10.6 Å². The van der Waals surface area contributed by atoms with E-state index in [0.29, 0.717) is 17.1 Å². The third kappa shape index (κ3) is 2.94. The van der Waals surface area contributed by atoms with E-state index in [9.17, 15) is 8.42 Å². The van der Waals surface area contributed by atoms with E-state index in [1.54, 1.807) is 12.1 Å². The van der Waals surface area contributed by atoms with Crippen molar-refractivity contribution < 1.29 is 8.42 Å². The lowest BCUT2D eigenvalue weighted by Gasteiger charge is -2.23. The van der Waals surface area contributed by atoms with Crippen LogP contribution in [0, 0.1) is 6.92 Å². The molecule has 0 amide bonds. The summed E-state index contributed by atoms with van der Waals surface area (Å²) in [5, 5.41) is 1.96. The van der Waals surface area contributed by atoms with Crippen LogP contribution in [-0.2, 0) is 10.0 Å². The molecule has 3 aromatic carbocycles. The Labute approximate surface area is 137 Å². The molecule has 23 heavy (non-hydrogen) atoms. The molecule has 3 aromatic rings. The first-order valence-electron chi connectivity index (χ1n) is 7.60. The average Bonchev–Trinajstić information content (AvgIpc) is 2.56. The molecule has 0 N–H and O–H groups in total. The van der Waals surface area contributed by atoms with E-state index in [1.165, 1.54) is 4.31 Å². The van der Waals surface area contributed by atoms with Gasteiger partial charge in [-0.3, -0.25) is 4.31 Å². The van der Waals surface area contributed by atoms with Crippen LogP contribution in [0.3, 0.4) is 0 Å². The van der Waals surface area contributed by atoms with Crippen molar-refractivity contribution in [2.24, 2.45) is 0 Å². The maximum Gasteiger partial charge on any atom is 0.264 e. The second-order valence-electron chi connectivity index (χ2n) is 5.51. The number of sulfonamides is 1. The quantitative estimate of drug-likeness (QED) is 0.714. The van der Waals surface area contributed by atoms with Gasteiger partial charge in [0.15, 0.2) is 0 Å².